The van der Waals surface area contributed by atoms with E-state index < -0.39 is 0 Å². The quantitative estimate of drug-likeness (QED) is 0.669. The van der Waals surface area contributed by atoms with Gasteiger partial charge in [0.25, 0.3) is 0 Å². The summed E-state index contributed by atoms with van der Waals surface area (Å²) >= 11 is 0. The second kappa shape index (κ2) is 9.44. The summed E-state index contributed by atoms with van der Waals surface area (Å²) in [5, 5.41) is 0. The van der Waals surface area contributed by atoms with Crippen LogP contribution in [-0.4, -0.2) is 49.3 Å². The van der Waals surface area contributed by atoms with Crippen LogP contribution < -0.4 is 9.47 Å². The fourth-order valence-electron chi connectivity index (χ4n) is 3.52. The molecule has 28 heavy (non-hydrogen) atoms. The van der Waals surface area contributed by atoms with E-state index in [1.165, 1.54) is 11.1 Å². The van der Waals surface area contributed by atoms with E-state index in [-0.39, 0.29) is 5.41 Å². The Morgan fingerprint density at radius 1 is 0.857 bits per heavy atom. The molecular formula is C24H34N2O2. The van der Waals surface area contributed by atoms with E-state index in [9.17, 15) is 0 Å². The summed E-state index contributed by atoms with van der Waals surface area (Å²) < 4.78 is 11.6. The molecule has 0 aromatic heterocycles. The van der Waals surface area contributed by atoms with Crippen molar-refractivity contribution in [3.8, 4) is 11.5 Å². The molecule has 1 saturated heterocycles. The van der Waals surface area contributed by atoms with Crippen LogP contribution in [0.15, 0.2) is 48.5 Å². The molecule has 0 saturated carbocycles. The minimum absolute atomic E-state index is 0.212. The fourth-order valence-corrected chi connectivity index (χ4v) is 3.52. The Bertz CT molecular complexity index is 737. The standard InChI is InChI=1S/C24H34N2O2/c1-5-27-22-8-6-7-9-23(22)28-17-16-25-14-15-26(19-25)18-20-10-12-21(13-11-20)24(2,3)4/h6-13H,5,14-19H2,1-4H3. The van der Waals surface area contributed by atoms with Crippen LogP contribution >= 0.6 is 0 Å². The molecule has 0 atom stereocenters. The van der Waals surface area contributed by atoms with E-state index in [2.05, 4.69) is 54.8 Å². The number of benzene rings is 2. The molecule has 0 N–H and O–H groups in total. The molecular weight excluding hydrogens is 348 g/mol. The van der Waals surface area contributed by atoms with Gasteiger partial charge in [-0.1, -0.05) is 57.2 Å². The largest absolute Gasteiger partial charge is 0.490 e. The van der Waals surface area contributed by atoms with E-state index >= 15 is 0 Å². The van der Waals surface area contributed by atoms with Crippen LogP contribution in [0.2, 0.25) is 0 Å². The molecule has 2 aromatic rings. The number of rotatable bonds is 8. The van der Waals surface area contributed by atoms with Crippen LogP contribution in [0.4, 0.5) is 0 Å². The maximum atomic E-state index is 5.96. The Kier molecular flexibility index (Phi) is 6.97. The maximum Gasteiger partial charge on any atom is 0.161 e. The molecule has 4 nitrogen and oxygen atoms in total. The van der Waals surface area contributed by atoms with Gasteiger partial charge < -0.3 is 9.47 Å². The summed E-state index contributed by atoms with van der Waals surface area (Å²) in [4.78, 5) is 4.95. The fraction of sp³-hybridized carbons (Fsp3) is 0.500. The minimum atomic E-state index is 0.212. The van der Waals surface area contributed by atoms with E-state index in [1.807, 2.05) is 31.2 Å². The van der Waals surface area contributed by atoms with Gasteiger partial charge in [0.1, 0.15) is 6.61 Å². The second-order valence-electron chi connectivity index (χ2n) is 8.49. The van der Waals surface area contributed by atoms with Gasteiger partial charge in [0, 0.05) is 26.2 Å². The summed E-state index contributed by atoms with van der Waals surface area (Å²) in [6.07, 6.45) is 0. The van der Waals surface area contributed by atoms with Crippen LogP contribution in [0.25, 0.3) is 0 Å². The van der Waals surface area contributed by atoms with Gasteiger partial charge in [-0.15, -0.1) is 0 Å². The lowest BCUT2D eigenvalue weighted by atomic mass is 9.87. The predicted octanol–water partition coefficient (Wildman–Crippen LogP) is 4.54. The van der Waals surface area contributed by atoms with Crippen molar-refractivity contribution in [2.24, 2.45) is 0 Å². The average molecular weight is 383 g/mol. The van der Waals surface area contributed by atoms with E-state index in [0.29, 0.717) is 13.2 Å². The van der Waals surface area contributed by atoms with Crippen LogP contribution in [0, 0.1) is 0 Å². The van der Waals surface area contributed by atoms with Gasteiger partial charge in [0.05, 0.1) is 13.3 Å². The normalized spacial score (nSPS) is 15.7. The van der Waals surface area contributed by atoms with Crippen molar-refractivity contribution < 1.29 is 9.47 Å². The van der Waals surface area contributed by atoms with Gasteiger partial charge in [-0.25, -0.2) is 0 Å². The lowest BCUT2D eigenvalue weighted by molar-refractivity contribution is 0.196. The maximum absolute atomic E-state index is 5.96. The van der Waals surface area contributed by atoms with Crippen LogP contribution in [-0.2, 0) is 12.0 Å². The number of nitrogens with zero attached hydrogens (tertiary/aromatic N) is 2. The molecule has 0 bridgehead atoms. The first-order valence-electron chi connectivity index (χ1n) is 10.3. The smallest absolute Gasteiger partial charge is 0.161 e. The van der Waals surface area contributed by atoms with Gasteiger partial charge in [-0.2, -0.15) is 0 Å². The van der Waals surface area contributed by atoms with Crippen LogP contribution in [0.1, 0.15) is 38.8 Å². The third kappa shape index (κ3) is 5.73. The first-order valence-corrected chi connectivity index (χ1v) is 10.3. The van der Waals surface area contributed by atoms with Gasteiger partial charge in [0.15, 0.2) is 11.5 Å². The molecule has 0 amide bonds. The summed E-state index contributed by atoms with van der Waals surface area (Å²) in [5.41, 5.74) is 2.99. The van der Waals surface area contributed by atoms with Crippen LogP contribution in [0.3, 0.4) is 0 Å². The van der Waals surface area contributed by atoms with Crippen molar-refractivity contribution in [3.63, 3.8) is 0 Å². The van der Waals surface area contributed by atoms with Gasteiger partial charge in [-0.05, 0) is 35.6 Å². The lowest BCUT2D eigenvalue weighted by Crippen LogP contribution is -2.29. The first kappa shape index (κ1) is 20.7. The Morgan fingerprint density at radius 3 is 2.14 bits per heavy atom. The Balaban J connectivity index is 1.43. The zero-order valence-corrected chi connectivity index (χ0v) is 17.8. The zero-order valence-electron chi connectivity index (χ0n) is 17.8. The molecule has 0 radical (unpaired) electrons. The van der Waals surface area contributed by atoms with Crippen molar-refractivity contribution in [2.75, 3.05) is 39.5 Å². The summed E-state index contributed by atoms with van der Waals surface area (Å²) in [7, 11) is 0. The zero-order chi connectivity index (χ0) is 20.0. The second-order valence-corrected chi connectivity index (χ2v) is 8.49. The molecule has 0 unspecified atom stereocenters. The number of hydrogen-bond donors (Lipinski definition) is 0. The van der Waals surface area contributed by atoms with Crippen molar-refractivity contribution in [1.29, 1.82) is 0 Å². The molecule has 0 spiro atoms. The number of hydrogen-bond acceptors (Lipinski definition) is 4. The third-order valence-electron chi connectivity index (χ3n) is 5.17. The monoisotopic (exact) mass is 382 g/mol. The van der Waals surface area contributed by atoms with Crippen molar-refractivity contribution in [1.82, 2.24) is 9.80 Å². The first-order chi connectivity index (χ1) is 13.5. The lowest BCUT2D eigenvalue weighted by Gasteiger charge is -2.21. The highest BCUT2D eigenvalue weighted by Crippen LogP contribution is 2.26. The Labute approximate surface area is 170 Å². The van der Waals surface area contributed by atoms with Crippen molar-refractivity contribution >= 4 is 0 Å². The van der Waals surface area contributed by atoms with E-state index in [1.54, 1.807) is 0 Å². The van der Waals surface area contributed by atoms with Crippen molar-refractivity contribution in [3.05, 3.63) is 59.7 Å². The minimum Gasteiger partial charge on any atom is -0.490 e. The molecule has 1 aliphatic heterocycles. The summed E-state index contributed by atoms with van der Waals surface area (Å²) in [6.45, 7) is 15.2. The molecule has 3 rings (SSSR count). The summed E-state index contributed by atoms with van der Waals surface area (Å²) in [5.74, 6) is 1.66. The van der Waals surface area contributed by atoms with E-state index in [4.69, 9.17) is 9.47 Å². The highest BCUT2D eigenvalue weighted by Gasteiger charge is 2.20. The van der Waals surface area contributed by atoms with Crippen molar-refractivity contribution in [2.45, 2.75) is 39.7 Å². The molecule has 1 aliphatic rings. The Morgan fingerprint density at radius 2 is 1.50 bits per heavy atom. The topological polar surface area (TPSA) is 24.9 Å². The molecule has 2 aromatic carbocycles. The third-order valence-corrected chi connectivity index (χ3v) is 5.17. The molecule has 0 aliphatic carbocycles. The van der Waals surface area contributed by atoms with Gasteiger partial charge >= 0.3 is 0 Å². The highest BCUT2D eigenvalue weighted by molar-refractivity contribution is 5.39. The highest BCUT2D eigenvalue weighted by atomic mass is 16.5. The molecule has 152 valence electrons. The van der Waals surface area contributed by atoms with Crippen LogP contribution in [0.5, 0.6) is 11.5 Å². The van der Waals surface area contributed by atoms with Gasteiger partial charge in [-0.3, -0.25) is 9.80 Å². The molecule has 1 heterocycles. The summed E-state index contributed by atoms with van der Waals surface area (Å²) in [6, 6.07) is 17.0. The molecule has 1 fully saturated rings. The average Bonchev–Trinajstić information content (AvgIpc) is 3.10. The number of para-hydroxylation sites is 2. The molecule has 4 heteroatoms. The SMILES string of the molecule is CCOc1ccccc1OCCN1CCN(Cc2ccc(C(C)(C)C)cc2)C1. The number of ether oxygens (including phenoxy) is 2. The Hall–Kier alpha value is -2.04. The van der Waals surface area contributed by atoms with Gasteiger partial charge in [0.2, 0.25) is 0 Å². The predicted molar refractivity (Wildman–Crippen MR) is 115 cm³/mol. The van der Waals surface area contributed by atoms with E-state index in [0.717, 1.165) is 44.3 Å².